The van der Waals surface area contributed by atoms with Gasteiger partial charge in [0.25, 0.3) is 0 Å². The van der Waals surface area contributed by atoms with Crippen molar-refractivity contribution in [1.82, 2.24) is 0 Å². The second-order valence-corrected chi connectivity index (χ2v) is 11.9. The zero-order chi connectivity index (χ0) is 17.9. The smallest absolute Gasteiger partial charge is 0.316 e. The van der Waals surface area contributed by atoms with Gasteiger partial charge < -0.3 is 4.53 Å². The summed E-state index contributed by atoms with van der Waals surface area (Å²) in [4.78, 5) is 0. The molecule has 8 heteroatoms. The number of fused-ring (bicyclic) bond motifs is 3. The summed E-state index contributed by atoms with van der Waals surface area (Å²) in [6, 6.07) is 2.39. The first-order valence-corrected chi connectivity index (χ1v) is 11.6. The number of hydrogen-bond acceptors (Lipinski definition) is 2. The Kier molecular flexibility index (Phi) is 4.25. The summed E-state index contributed by atoms with van der Waals surface area (Å²) in [5.74, 6) is -1.08. The maximum atomic E-state index is 13.8. The van der Waals surface area contributed by atoms with Gasteiger partial charge in [0.15, 0.2) is 0 Å². The van der Waals surface area contributed by atoms with E-state index in [4.69, 9.17) is 16.1 Å². The number of rotatable bonds is 2. The third-order valence-electron chi connectivity index (χ3n) is 4.12. The highest BCUT2D eigenvalue weighted by atomic mass is 35.5. The molecule has 0 aromatic heterocycles. The van der Waals surface area contributed by atoms with Crippen molar-refractivity contribution in [2.75, 3.05) is 5.06 Å². The average molecular weight is 380 g/mol. The van der Waals surface area contributed by atoms with E-state index in [1.54, 1.807) is 0 Å². The van der Waals surface area contributed by atoms with Crippen LogP contribution in [0.4, 0.5) is 23.2 Å². The summed E-state index contributed by atoms with van der Waals surface area (Å²) < 4.78 is 60.4. The third-order valence-corrected chi connectivity index (χ3v) is 5.14. The third kappa shape index (κ3) is 3.09. The fourth-order valence-electron chi connectivity index (χ4n) is 3.37. The molecule has 2 nitrogen and oxygen atoms in total. The Balaban J connectivity index is 2.25. The van der Waals surface area contributed by atoms with E-state index in [1.165, 1.54) is 11.1 Å². The Morgan fingerprint density at radius 3 is 2.50 bits per heavy atom. The molecule has 1 aliphatic carbocycles. The van der Waals surface area contributed by atoms with Gasteiger partial charge in [-0.3, -0.25) is 0 Å². The molecule has 1 aromatic rings. The highest BCUT2D eigenvalue weighted by molar-refractivity contribution is 6.69. The molecular weight excluding hydrogens is 362 g/mol. The first-order valence-electron chi connectivity index (χ1n) is 7.77. The number of alkyl halides is 3. The molecule has 1 atom stereocenters. The SMILES string of the molecule is C[Si](C)(C)ON1C2=C(C(F)(F)F)CCCC2c2cc(F)cc(Cl)c21. The number of hydroxylamine groups is 1. The molecule has 0 N–H and O–H groups in total. The van der Waals surface area contributed by atoms with Crippen LogP contribution in [0.25, 0.3) is 0 Å². The first-order chi connectivity index (χ1) is 11.0. The lowest BCUT2D eigenvalue weighted by atomic mass is 9.84. The molecular formula is C16H18ClF4NOSi. The maximum Gasteiger partial charge on any atom is 0.414 e. The first kappa shape index (κ1) is 17.8. The van der Waals surface area contributed by atoms with Gasteiger partial charge in [0, 0.05) is 5.92 Å². The van der Waals surface area contributed by atoms with Gasteiger partial charge in [-0.05, 0) is 56.6 Å². The number of hydrogen-bond donors (Lipinski definition) is 0. The molecule has 24 heavy (non-hydrogen) atoms. The minimum atomic E-state index is -4.44. The van der Waals surface area contributed by atoms with Crippen molar-refractivity contribution in [3.8, 4) is 0 Å². The van der Waals surface area contributed by atoms with Crippen LogP contribution >= 0.6 is 11.6 Å². The van der Waals surface area contributed by atoms with E-state index < -0.39 is 31.8 Å². The molecule has 1 heterocycles. The predicted molar refractivity (Wildman–Crippen MR) is 88.0 cm³/mol. The van der Waals surface area contributed by atoms with Gasteiger partial charge in [-0.1, -0.05) is 11.6 Å². The topological polar surface area (TPSA) is 12.5 Å². The van der Waals surface area contributed by atoms with Crippen LogP contribution in [0.1, 0.15) is 30.7 Å². The second-order valence-electron chi connectivity index (χ2n) is 7.13. The molecule has 1 aliphatic heterocycles. The van der Waals surface area contributed by atoms with Crippen molar-refractivity contribution in [3.63, 3.8) is 0 Å². The van der Waals surface area contributed by atoms with Crippen LogP contribution in [0.3, 0.4) is 0 Å². The van der Waals surface area contributed by atoms with E-state index in [0.717, 1.165) is 6.07 Å². The van der Waals surface area contributed by atoms with Crippen molar-refractivity contribution < 1.29 is 22.1 Å². The van der Waals surface area contributed by atoms with Gasteiger partial charge in [0.05, 0.1) is 22.0 Å². The van der Waals surface area contributed by atoms with Gasteiger partial charge in [0.2, 0.25) is 8.32 Å². The molecule has 132 valence electrons. The van der Waals surface area contributed by atoms with Crippen LogP contribution < -0.4 is 5.06 Å². The molecule has 2 aliphatic rings. The molecule has 0 bridgehead atoms. The van der Waals surface area contributed by atoms with Crippen LogP contribution in [-0.4, -0.2) is 14.5 Å². The lowest BCUT2D eigenvalue weighted by Crippen LogP contribution is -2.38. The summed E-state index contributed by atoms with van der Waals surface area (Å²) in [5, 5.41) is 1.32. The number of nitrogens with zero attached hydrogens (tertiary/aromatic N) is 1. The molecule has 1 unspecified atom stereocenters. The van der Waals surface area contributed by atoms with E-state index >= 15 is 0 Å². The van der Waals surface area contributed by atoms with Gasteiger partial charge in [-0.25, -0.2) is 9.45 Å². The Morgan fingerprint density at radius 1 is 1.25 bits per heavy atom. The van der Waals surface area contributed by atoms with Crippen LogP contribution in [0.15, 0.2) is 23.4 Å². The average Bonchev–Trinajstić information content (AvgIpc) is 2.70. The van der Waals surface area contributed by atoms with Crippen molar-refractivity contribution in [2.24, 2.45) is 0 Å². The second kappa shape index (κ2) is 5.74. The number of anilines is 1. The maximum absolute atomic E-state index is 13.8. The van der Waals surface area contributed by atoms with Gasteiger partial charge in [-0.2, -0.15) is 13.2 Å². The van der Waals surface area contributed by atoms with Crippen LogP contribution in [0.2, 0.25) is 24.7 Å². The quantitative estimate of drug-likeness (QED) is 0.451. The van der Waals surface area contributed by atoms with E-state index in [-0.39, 0.29) is 17.1 Å². The molecule has 3 rings (SSSR count). The summed E-state index contributed by atoms with van der Waals surface area (Å²) in [7, 11) is -2.22. The van der Waals surface area contributed by atoms with E-state index in [1.807, 2.05) is 19.6 Å². The number of benzene rings is 1. The van der Waals surface area contributed by atoms with Crippen molar-refractivity contribution in [2.45, 2.75) is 51.0 Å². The molecule has 1 aromatic carbocycles. The molecule has 0 fully saturated rings. The van der Waals surface area contributed by atoms with Crippen molar-refractivity contribution in [1.29, 1.82) is 0 Å². The monoisotopic (exact) mass is 379 g/mol. The lowest BCUT2D eigenvalue weighted by molar-refractivity contribution is -0.0967. The summed E-state index contributed by atoms with van der Waals surface area (Å²) >= 11 is 6.18. The largest absolute Gasteiger partial charge is 0.414 e. The summed E-state index contributed by atoms with van der Waals surface area (Å²) in [5.41, 5.74) is 0.321. The zero-order valence-electron chi connectivity index (χ0n) is 13.6. The van der Waals surface area contributed by atoms with Gasteiger partial charge in [0.1, 0.15) is 5.82 Å². The molecule has 0 radical (unpaired) electrons. The van der Waals surface area contributed by atoms with E-state index in [9.17, 15) is 17.6 Å². The Labute approximate surface area is 144 Å². The van der Waals surface area contributed by atoms with Crippen LogP contribution in [0.5, 0.6) is 0 Å². The number of allylic oxidation sites excluding steroid dienone is 2. The zero-order valence-corrected chi connectivity index (χ0v) is 15.4. The Morgan fingerprint density at radius 2 is 1.92 bits per heavy atom. The number of halogens is 5. The standard InChI is InChI=1S/C16H18ClF4NOSi/c1-24(2,3)23-22-14-10(5-4-6-12(14)16(19,20)21)11-7-9(18)8-13(17)15(11)22/h7-8,10H,4-6H2,1-3H3. The fourth-order valence-corrected chi connectivity index (χ4v) is 4.39. The van der Waals surface area contributed by atoms with Crippen LogP contribution in [-0.2, 0) is 4.53 Å². The minimum absolute atomic E-state index is 0.0605. The highest BCUT2D eigenvalue weighted by Crippen LogP contribution is 2.55. The highest BCUT2D eigenvalue weighted by Gasteiger charge is 2.48. The Bertz CT molecular complexity index is 711. The molecule has 0 saturated carbocycles. The van der Waals surface area contributed by atoms with Crippen molar-refractivity contribution >= 4 is 25.6 Å². The molecule has 0 amide bonds. The Hall–Kier alpha value is -1.05. The lowest BCUT2D eigenvalue weighted by Gasteiger charge is -2.33. The molecule has 0 saturated heterocycles. The molecule has 0 spiro atoms. The predicted octanol–water partition coefficient (Wildman–Crippen LogP) is 6.15. The summed E-state index contributed by atoms with van der Waals surface area (Å²) in [6.07, 6.45) is -3.58. The van der Waals surface area contributed by atoms with Crippen LogP contribution in [0, 0.1) is 5.82 Å². The summed E-state index contributed by atoms with van der Waals surface area (Å²) in [6.45, 7) is 5.65. The normalized spacial score (nSPS) is 21.2. The fraction of sp³-hybridized carbons (Fsp3) is 0.500. The van der Waals surface area contributed by atoms with Gasteiger partial charge >= 0.3 is 6.18 Å². The minimum Gasteiger partial charge on any atom is -0.316 e. The van der Waals surface area contributed by atoms with Crippen molar-refractivity contribution in [3.05, 3.63) is 39.8 Å². The van der Waals surface area contributed by atoms with E-state index in [0.29, 0.717) is 24.1 Å². The van der Waals surface area contributed by atoms with Gasteiger partial charge in [-0.15, -0.1) is 0 Å². The van der Waals surface area contributed by atoms with E-state index in [2.05, 4.69) is 0 Å².